The summed E-state index contributed by atoms with van der Waals surface area (Å²) in [5.74, 6) is -1.54. The van der Waals surface area contributed by atoms with Crippen molar-refractivity contribution in [2.24, 2.45) is 0 Å². The van der Waals surface area contributed by atoms with Gasteiger partial charge >= 0.3 is 0 Å². The van der Waals surface area contributed by atoms with Crippen LogP contribution in [0, 0.1) is 5.82 Å². The van der Waals surface area contributed by atoms with Gasteiger partial charge < -0.3 is 15.3 Å². The van der Waals surface area contributed by atoms with Crippen molar-refractivity contribution < 1.29 is 14.3 Å². The SMILES string of the molecule is CCC[C@H](CNC(=O)c1ccc(F)c(O)c1)N(C)C. The highest BCUT2D eigenvalue weighted by atomic mass is 19.1. The van der Waals surface area contributed by atoms with Crippen LogP contribution in [-0.4, -0.2) is 42.6 Å². The number of carbonyl (C=O) groups is 1. The van der Waals surface area contributed by atoms with Gasteiger partial charge in [-0.1, -0.05) is 13.3 Å². The fourth-order valence-electron chi connectivity index (χ4n) is 1.84. The average Bonchev–Trinajstić information content (AvgIpc) is 2.37. The highest BCUT2D eigenvalue weighted by Gasteiger charge is 2.13. The molecule has 1 rings (SSSR count). The van der Waals surface area contributed by atoms with E-state index in [1.807, 2.05) is 14.1 Å². The average molecular weight is 268 g/mol. The quantitative estimate of drug-likeness (QED) is 0.829. The van der Waals surface area contributed by atoms with Crippen LogP contribution in [0.4, 0.5) is 4.39 Å². The molecule has 0 saturated carbocycles. The molecule has 5 heteroatoms. The Morgan fingerprint density at radius 3 is 2.68 bits per heavy atom. The molecule has 0 saturated heterocycles. The van der Waals surface area contributed by atoms with Crippen molar-refractivity contribution in [3.05, 3.63) is 29.6 Å². The van der Waals surface area contributed by atoms with Gasteiger partial charge in [0.25, 0.3) is 5.91 Å². The number of halogens is 1. The topological polar surface area (TPSA) is 52.6 Å². The second kappa shape index (κ2) is 7.09. The van der Waals surface area contributed by atoms with E-state index in [0.717, 1.165) is 25.0 Å². The zero-order valence-corrected chi connectivity index (χ0v) is 11.6. The number of aromatic hydroxyl groups is 1. The fraction of sp³-hybridized carbons (Fsp3) is 0.500. The van der Waals surface area contributed by atoms with Crippen LogP contribution in [0.25, 0.3) is 0 Å². The molecule has 0 spiro atoms. The number of carbonyl (C=O) groups excluding carboxylic acids is 1. The van der Waals surface area contributed by atoms with Crippen LogP contribution >= 0.6 is 0 Å². The number of likely N-dealkylation sites (N-methyl/N-ethyl adjacent to an activating group) is 1. The molecule has 0 heterocycles. The highest BCUT2D eigenvalue weighted by Crippen LogP contribution is 2.16. The molecule has 0 bridgehead atoms. The fourth-order valence-corrected chi connectivity index (χ4v) is 1.84. The molecular weight excluding hydrogens is 247 g/mol. The molecule has 0 aliphatic carbocycles. The van der Waals surface area contributed by atoms with Crippen LogP contribution in [-0.2, 0) is 0 Å². The maximum absolute atomic E-state index is 12.9. The molecule has 2 N–H and O–H groups in total. The summed E-state index contributed by atoms with van der Waals surface area (Å²) in [6, 6.07) is 3.84. The number of hydrogen-bond donors (Lipinski definition) is 2. The summed E-state index contributed by atoms with van der Waals surface area (Å²) in [4.78, 5) is 13.9. The lowest BCUT2D eigenvalue weighted by molar-refractivity contribution is 0.0940. The molecule has 0 radical (unpaired) electrons. The number of nitrogens with zero attached hydrogens (tertiary/aromatic N) is 1. The van der Waals surface area contributed by atoms with E-state index in [2.05, 4.69) is 17.1 Å². The predicted octanol–water partition coefficient (Wildman–Crippen LogP) is 1.99. The summed E-state index contributed by atoms with van der Waals surface area (Å²) >= 11 is 0. The van der Waals surface area contributed by atoms with Crippen molar-refractivity contribution in [2.75, 3.05) is 20.6 Å². The summed E-state index contributed by atoms with van der Waals surface area (Å²) in [5.41, 5.74) is 0.257. The van der Waals surface area contributed by atoms with Gasteiger partial charge in [0.05, 0.1) is 0 Å². The molecule has 1 atom stereocenters. The van der Waals surface area contributed by atoms with Crippen molar-refractivity contribution >= 4 is 5.91 Å². The lowest BCUT2D eigenvalue weighted by atomic mass is 10.1. The maximum atomic E-state index is 12.9. The Morgan fingerprint density at radius 2 is 2.16 bits per heavy atom. The second-order valence-corrected chi connectivity index (χ2v) is 4.78. The number of benzene rings is 1. The minimum absolute atomic E-state index is 0.257. The van der Waals surface area contributed by atoms with Gasteiger partial charge in [0.1, 0.15) is 0 Å². The molecular formula is C14H21FN2O2. The number of rotatable bonds is 6. The molecule has 1 aromatic carbocycles. The monoisotopic (exact) mass is 268 g/mol. The maximum Gasteiger partial charge on any atom is 0.251 e. The van der Waals surface area contributed by atoms with Gasteiger partial charge in [-0.25, -0.2) is 4.39 Å². The molecule has 0 aromatic heterocycles. The van der Waals surface area contributed by atoms with Crippen molar-refractivity contribution in [3.63, 3.8) is 0 Å². The van der Waals surface area contributed by atoms with E-state index < -0.39 is 11.6 Å². The first-order chi connectivity index (χ1) is 8.95. The normalized spacial score (nSPS) is 12.5. The van der Waals surface area contributed by atoms with Crippen molar-refractivity contribution in [1.82, 2.24) is 10.2 Å². The van der Waals surface area contributed by atoms with Crippen LogP contribution in [0.15, 0.2) is 18.2 Å². The van der Waals surface area contributed by atoms with Crippen LogP contribution in [0.3, 0.4) is 0 Å². The molecule has 0 aliphatic heterocycles. The van der Waals surface area contributed by atoms with Crippen LogP contribution < -0.4 is 5.32 Å². The Kier molecular flexibility index (Phi) is 5.76. The van der Waals surface area contributed by atoms with Gasteiger partial charge in [0.15, 0.2) is 11.6 Å². The van der Waals surface area contributed by atoms with E-state index >= 15 is 0 Å². The Balaban J connectivity index is 2.61. The number of nitrogens with one attached hydrogen (secondary N) is 1. The van der Waals surface area contributed by atoms with Gasteiger partial charge in [-0.3, -0.25) is 4.79 Å². The van der Waals surface area contributed by atoms with Crippen molar-refractivity contribution in [2.45, 2.75) is 25.8 Å². The Morgan fingerprint density at radius 1 is 1.47 bits per heavy atom. The molecule has 0 fully saturated rings. The van der Waals surface area contributed by atoms with Gasteiger partial charge in [-0.15, -0.1) is 0 Å². The number of phenols is 1. The molecule has 19 heavy (non-hydrogen) atoms. The Hall–Kier alpha value is -1.62. The molecule has 106 valence electrons. The van der Waals surface area contributed by atoms with Crippen LogP contribution in [0.1, 0.15) is 30.1 Å². The van der Waals surface area contributed by atoms with E-state index in [1.54, 1.807) is 0 Å². The van der Waals surface area contributed by atoms with Gasteiger partial charge in [-0.05, 0) is 38.7 Å². The summed E-state index contributed by atoms with van der Waals surface area (Å²) < 4.78 is 12.9. The third-order valence-corrected chi connectivity index (χ3v) is 3.06. The van der Waals surface area contributed by atoms with Crippen LogP contribution in [0.5, 0.6) is 5.75 Å². The smallest absolute Gasteiger partial charge is 0.251 e. The molecule has 1 amide bonds. The number of phenolic OH excluding ortho intramolecular Hbond substituents is 1. The third-order valence-electron chi connectivity index (χ3n) is 3.06. The summed E-state index contributed by atoms with van der Waals surface area (Å²) in [6.45, 7) is 2.62. The molecule has 1 aromatic rings. The van der Waals surface area contributed by atoms with Crippen molar-refractivity contribution in [1.29, 1.82) is 0 Å². The second-order valence-electron chi connectivity index (χ2n) is 4.78. The minimum atomic E-state index is -0.728. The zero-order valence-electron chi connectivity index (χ0n) is 11.6. The molecule has 0 aliphatic rings. The zero-order chi connectivity index (χ0) is 14.4. The van der Waals surface area contributed by atoms with E-state index in [0.29, 0.717) is 6.54 Å². The minimum Gasteiger partial charge on any atom is -0.505 e. The van der Waals surface area contributed by atoms with E-state index in [9.17, 15) is 14.3 Å². The lowest BCUT2D eigenvalue weighted by Gasteiger charge is -2.24. The molecule has 0 unspecified atom stereocenters. The Bertz CT molecular complexity index is 435. The predicted molar refractivity (Wildman–Crippen MR) is 72.8 cm³/mol. The highest BCUT2D eigenvalue weighted by molar-refractivity contribution is 5.94. The van der Waals surface area contributed by atoms with Crippen molar-refractivity contribution in [3.8, 4) is 5.75 Å². The number of amides is 1. The van der Waals surface area contributed by atoms with E-state index in [4.69, 9.17) is 0 Å². The first-order valence-electron chi connectivity index (χ1n) is 6.38. The lowest BCUT2D eigenvalue weighted by Crippen LogP contribution is -2.40. The van der Waals surface area contributed by atoms with Crippen LogP contribution in [0.2, 0.25) is 0 Å². The summed E-state index contributed by atoms with van der Waals surface area (Å²) in [6.07, 6.45) is 2.03. The summed E-state index contributed by atoms with van der Waals surface area (Å²) in [5, 5.41) is 12.0. The van der Waals surface area contributed by atoms with E-state index in [-0.39, 0.29) is 17.5 Å². The van der Waals surface area contributed by atoms with Gasteiger partial charge in [-0.2, -0.15) is 0 Å². The number of hydrogen-bond acceptors (Lipinski definition) is 3. The van der Waals surface area contributed by atoms with E-state index in [1.165, 1.54) is 6.07 Å². The first-order valence-corrected chi connectivity index (χ1v) is 6.38. The van der Waals surface area contributed by atoms with Gasteiger partial charge in [0, 0.05) is 18.2 Å². The summed E-state index contributed by atoms with van der Waals surface area (Å²) in [7, 11) is 3.94. The Labute approximate surface area is 113 Å². The third kappa shape index (κ3) is 4.52. The van der Waals surface area contributed by atoms with Gasteiger partial charge in [0.2, 0.25) is 0 Å². The standard InChI is InChI=1S/C14H21FN2O2/c1-4-5-11(17(2)3)9-16-14(19)10-6-7-12(15)13(18)8-10/h6-8,11,18H,4-5,9H2,1-3H3,(H,16,19)/t11-/m1/s1. The molecule has 4 nitrogen and oxygen atoms in total. The largest absolute Gasteiger partial charge is 0.505 e. The first kappa shape index (κ1) is 15.4.